The molecule has 5 heteroatoms. The number of rotatable bonds is 1. The molecule has 98 valence electrons. The summed E-state index contributed by atoms with van der Waals surface area (Å²) in [5.41, 5.74) is 1.09. The topological polar surface area (TPSA) is 33.7 Å². The van der Waals surface area contributed by atoms with Crippen molar-refractivity contribution in [1.82, 2.24) is 5.32 Å². The van der Waals surface area contributed by atoms with Gasteiger partial charge in [-0.1, -0.05) is 11.6 Å². The molecule has 0 bridgehead atoms. The molecule has 1 aromatic carbocycles. The van der Waals surface area contributed by atoms with Crippen LogP contribution in [-0.2, 0) is 0 Å². The van der Waals surface area contributed by atoms with Gasteiger partial charge in [-0.3, -0.25) is 0 Å². The maximum Gasteiger partial charge on any atom is 0.186 e. The van der Waals surface area contributed by atoms with Crippen LogP contribution in [0.4, 0.5) is 5.69 Å². The molecule has 1 N–H and O–H groups in total. The van der Waals surface area contributed by atoms with Gasteiger partial charge in [0.15, 0.2) is 11.5 Å². The molecule has 1 atom stereocenters. The van der Waals surface area contributed by atoms with E-state index in [4.69, 9.17) is 21.1 Å². The minimum atomic E-state index is 0.481. The van der Waals surface area contributed by atoms with Gasteiger partial charge in [0.2, 0.25) is 0 Å². The van der Waals surface area contributed by atoms with Crippen LogP contribution in [0.25, 0.3) is 0 Å². The van der Waals surface area contributed by atoms with E-state index in [1.807, 2.05) is 12.1 Å². The number of nitrogens with zero attached hydrogens (tertiary/aromatic N) is 1. The van der Waals surface area contributed by atoms with Crippen molar-refractivity contribution in [2.24, 2.45) is 0 Å². The molecule has 18 heavy (non-hydrogen) atoms. The Bertz CT molecular complexity index is 453. The molecule has 3 rings (SSSR count). The summed E-state index contributed by atoms with van der Waals surface area (Å²) >= 11 is 6.15. The van der Waals surface area contributed by atoms with Crippen molar-refractivity contribution >= 4 is 17.3 Å². The number of hydrogen-bond donors (Lipinski definition) is 1. The van der Waals surface area contributed by atoms with E-state index in [9.17, 15) is 0 Å². The third-order valence-electron chi connectivity index (χ3n) is 3.33. The average molecular weight is 269 g/mol. The van der Waals surface area contributed by atoms with E-state index in [0.717, 1.165) is 31.1 Å². The fraction of sp³-hybridized carbons (Fsp3) is 0.538. The van der Waals surface area contributed by atoms with E-state index in [-0.39, 0.29) is 0 Å². The van der Waals surface area contributed by atoms with Crippen LogP contribution in [0.5, 0.6) is 11.5 Å². The van der Waals surface area contributed by atoms with Gasteiger partial charge in [0.1, 0.15) is 13.2 Å². The van der Waals surface area contributed by atoms with Crippen molar-refractivity contribution in [1.29, 1.82) is 0 Å². The second-order valence-corrected chi connectivity index (χ2v) is 5.13. The van der Waals surface area contributed by atoms with Gasteiger partial charge in [-0.25, -0.2) is 0 Å². The molecule has 2 aliphatic rings. The minimum absolute atomic E-state index is 0.481. The average Bonchev–Trinajstić information content (AvgIpc) is 2.39. The second-order valence-electron chi connectivity index (χ2n) is 4.72. The predicted octanol–water partition coefficient (Wildman–Crippen LogP) is 1.91. The Morgan fingerprint density at radius 1 is 1.28 bits per heavy atom. The molecule has 1 saturated heterocycles. The lowest BCUT2D eigenvalue weighted by molar-refractivity contribution is 0.172. The molecular formula is C13H17ClN2O2. The largest absolute Gasteiger partial charge is 0.484 e. The van der Waals surface area contributed by atoms with Gasteiger partial charge in [0, 0.05) is 25.7 Å². The molecule has 4 nitrogen and oxygen atoms in total. The Balaban J connectivity index is 1.96. The minimum Gasteiger partial charge on any atom is -0.484 e. The quantitative estimate of drug-likeness (QED) is 0.844. The molecule has 0 amide bonds. The number of fused-ring (bicyclic) bond motifs is 1. The first-order valence-corrected chi connectivity index (χ1v) is 6.70. The molecule has 1 fully saturated rings. The van der Waals surface area contributed by atoms with Gasteiger partial charge >= 0.3 is 0 Å². The normalized spacial score (nSPS) is 23.0. The summed E-state index contributed by atoms with van der Waals surface area (Å²) in [6, 6.07) is 4.39. The van der Waals surface area contributed by atoms with Gasteiger partial charge in [0.25, 0.3) is 0 Å². The molecule has 1 unspecified atom stereocenters. The maximum absolute atomic E-state index is 6.15. The second kappa shape index (κ2) is 4.86. The van der Waals surface area contributed by atoms with Gasteiger partial charge in [-0.2, -0.15) is 0 Å². The molecule has 2 heterocycles. The zero-order chi connectivity index (χ0) is 12.5. The number of hydrogen-bond acceptors (Lipinski definition) is 4. The maximum atomic E-state index is 6.15. The number of benzene rings is 1. The van der Waals surface area contributed by atoms with Gasteiger partial charge < -0.3 is 19.7 Å². The van der Waals surface area contributed by atoms with Crippen LogP contribution in [0.1, 0.15) is 6.92 Å². The Hall–Kier alpha value is -1.13. The van der Waals surface area contributed by atoms with E-state index in [2.05, 4.69) is 17.1 Å². The SMILES string of the molecule is CC1CN(c2ccc(Cl)c3c2OCCO3)CCN1. The third-order valence-corrected chi connectivity index (χ3v) is 3.63. The lowest BCUT2D eigenvalue weighted by Crippen LogP contribution is -2.49. The van der Waals surface area contributed by atoms with Crippen LogP contribution in [-0.4, -0.2) is 38.9 Å². The first-order valence-electron chi connectivity index (χ1n) is 6.32. The molecule has 2 aliphatic heterocycles. The van der Waals surface area contributed by atoms with Gasteiger partial charge in [-0.15, -0.1) is 0 Å². The number of piperazine rings is 1. The predicted molar refractivity (Wildman–Crippen MR) is 72.1 cm³/mol. The summed E-state index contributed by atoms with van der Waals surface area (Å²) < 4.78 is 11.4. The van der Waals surface area contributed by atoms with Crippen molar-refractivity contribution in [2.75, 3.05) is 37.7 Å². The van der Waals surface area contributed by atoms with Crippen molar-refractivity contribution in [3.8, 4) is 11.5 Å². The number of ether oxygens (including phenoxy) is 2. The van der Waals surface area contributed by atoms with Gasteiger partial charge in [-0.05, 0) is 19.1 Å². The molecular weight excluding hydrogens is 252 g/mol. The zero-order valence-corrected chi connectivity index (χ0v) is 11.2. The van der Waals surface area contributed by atoms with Crippen molar-refractivity contribution in [3.05, 3.63) is 17.2 Å². The summed E-state index contributed by atoms with van der Waals surface area (Å²) in [5, 5.41) is 4.06. The summed E-state index contributed by atoms with van der Waals surface area (Å²) in [5.74, 6) is 1.48. The third kappa shape index (κ3) is 2.10. The van der Waals surface area contributed by atoms with Crippen molar-refractivity contribution in [3.63, 3.8) is 0 Å². The zero-order valence-electron chi connectivity index (χ0n) is 10.4. The van der Waals surface area contributed by atoms with E-state index in [0.29, 0.717) is 30.0 Å². The molecule has 0 aliphatic carbocycles. The van der Waals surface area contributed by atoms with E-state index >= 15 is 0 Å². The molecule has 0 aromatic heterocycles. The first-order chi connectivity index (χ1) is 8.75. The Morgan fingerprint density at radius 3 is 2.83 bits per heavy atom. The Labute approximate surface area is 112 Å². The summed E-state index contributed by atoms with van der Waals surface area (Å²) in [7, 11) is 0. The highest BCUT2D eigenvalue weighted by atomic mass is 35.5. The highest BCUT2D eigenvalue weighted by Crippen LogP contribution is 2.44. The van der Waals surface area contributed by atoms with Crippen LogP contribution in [0.3, 0.4) is 0 Å². The lowest BCUT2D eigenvalue weighted by atomic mass is 10.1. The Morgan fingerprint density at radius 2 is 2.06 bits per heavy atom. The molecule has 1 aromatic rings. The fourth-order valence-electron chi connectivity index (χ4n) is 2.49. The van der Waals surface area contributed by atoms with E-state index in [1.165, 1.54) is 0 Å². The van der Waals surface area contributed by atoms with Crippen LogP contribution in [0.2, 0.25) is 5.02 Å². The molecule has 0 spiro atoms. The van der Waals surface area contributed by atoms with Crippen LogP contribution >= 0.6 is 11.6 Å². The number of nitrogens with one attached hydrogen (secondary N) is 1. The van der Waals surface area contributed by atoms with E-state index < -0.39 is 0 Å². The molecule has 0 radical (unpaired) electrons. The lowest BCUT2D eigenvalue weighted by Gasteiger charge is -2.35. The summed E-state index contributed by atoms with van der Waals surface area (Å²) in [6.07, 6.45) is 0. The highest BCUT2D eigenvalue weighted by molar-refractivity contribution is 6.32. The first kappa shape index (κ1) is 11.9. The number of anilines is 1. The van der Waals surface area contributed by atoms with Crippen LogP contribution in [0, 0.1) is 0 Å². The van der Waals surface area contributed by atoms with E-state index in [1.54, 1.807) is 0 Å². The summed E-state index contributed by atoms with van der Waals surface area (Å²) in [4.78, 5) is 2.32. The fourth-order valence-corrected chi connectivity index (χ4v) is 2.69. The van der Waals surface area contributed by atoms with Crippen molar-refractivity contribution in [2.45, 2.75) is 13.0 Å². The molecule has 0 saturated carbocycles. The van der Waals surface area contributed by atoms with Crippen molar-refractivity contribution < 1.29 is 9.47 Å². The monoisotopic (exact) mass is 268 g/mol. The summed E-state index contributed by atoms with van der Waals surface area (Å²) in [6.45, 7) is 6.26. The van der Waals surface area contributed by atoms with Gasteiger partial charge in [0.05, 0.1) is 10.7 Å². The number of halogens is 1. The standard InChI is InChI=1S/C13H17ClN2O2/c1-9-8-16(5-4-15-9)11-3-2-10(14)12-13(11)18-7-6-17-12/h2-3,9,15H,4-8H2,1H3. The highest BCUT2D eigenvalue weighted by Gasteiger charge is 2.25. The van der Waals surface area contributed by atoms with Crippen LogP contribution in [0.15, 0.2) is 12.1 Å². The van der Waals surface area contributed by atoms with Crippen LogP contribution < -0.4 is 19.7 Å². The smallest absolute Gasteiger partial charge is 0.186 e. The Kier molecular flexibility index (Phi) is 3.22.